The van der Waals surface area contributed by atoms with Crippen LogP contribution in [0.1, 0.15) is 92.5 Å². The Morgan fingerprint density at radius 3 is 2.12 bits per heavy atom. The summed E-state index contributed by atoms with van der Waals surface area (Å²) in [7, 11) is 1.24. The van der Waals surface area contributed by atoms with Gasteiger partial charge in [-0.05, 0) is 80.2 Å². The highest BCUT2D eigenvalue weighted by Crippen LogP contribution is 2.70. The summed E-state index contributed by atoms with van der Waals surface area (Å²) in [6.45, 7) is 7.78. The number of nitrogens with zero attached hydrogens (tertiary/aromatic N) is 2. The molecule has 12 nitrogen and oxygen atoms in total. The van der Waals surface area contributed by atoms with Gasteiger partial charge >= 0.3 is 6.18 Å². The zero-order chi connectivity index (χ0) is 36.2. The number of hydrogen-bond acceptors (Lipinski definition) is 8. The van der Waals surface area contributed by atoms with Crippen LogP contribution in [0.2, 0.25) is 0 Å². The summed E-state index contributed by atoms with van der Waals surface area (Å²) in [5.41, 5.74) is -1.14. The number of carbonyl (C=O) groups is 5. The van der Waals surface area contributed by atoms with Gasteiger partial charge in [-0.1, -0.05) is 20.8 Å². The number of Topliss-reactive ketones (excluding diaryl/α,β-unsaturated/α-hetero) is 1. The first kappa shape index (κ1) is 36.2. The molecule has 0 radical (unpaired) electrons. The molecule has 0 saturated heterocycles. The Hall–Kier alpha value is -4.08. The summed E-state index contributed by atoms with van der Waals surface area (Å²) in [6.07, 6.45) is 1.69. The highest BCUT2D eigenvalue weighted by atomic mass is 32.1. The Labute approximate surface area is 285 Å². The second-order valence-electron chi connectivity index (χ2n) is 15.2. The van der Waals surface area contributed by atoms with Crippen LogP contribution in [0.4, 0.5) is 18.9 Å². The van der Waals surface area contributed by atoms with Crippen molar-refractivity contribution in [2.75, 3.05) is 12.4 Å². The Morgan fingerprint density at radius 2 is 1.59 bits per heavy atom. The van der Waals surface area contributed by atoms with Crippen molar-refractivity contribution in [2.24, 2.45) is 16.2 Å². The molecule has 4 bridgehead atoms. The summed E-state index contributed by atoms with van der Waals surface area (Å²) in [5, 5.41) is 8.91. The maximum Gasteiger partial charge on any atom is 0.443 e. The summed E-state index contributed by atoms with van der Waals surface area (Å²) in [5.74, 6) is -4.18. The van der Waals surface area contributed by atoms with Crippen molar-refractivity contribution in [3.8, 4) is 0 Å². The highest BCUT2D eigenvalue weighted by Gasteiger charge is 2.64. The van der Waals surface area contributed by atoms with E-state index in [-0.39, 0.29) is 57.0 Å². The lowest BCUT2D eigenvalue weighted by molar-refractivity contribution is -0.164. The number of thiazole rings is 1. The van der Waals surface area contributed by atoms with E-state index in [1.165, 1.54) is 32.3 Å². The van der Waals surface area contributed by atoms with Gasteiger partial charge in [0.2, 0.25) is 17.6 Å². The number of aryl methyl sites for hydroxylation is 1. The molecule has 4 N–H and O–H groups in total. The zero-order valence-corrected chi connectivity index (χ0v) is 28.9. The van der Waals surface area contributed by atoms with E-state index in [0.717, 1.165) is 43.1 Å². The van der Waals surface area contributed by atoms with Gasteiger partial charge in [0.1, 0.15) is 23.2 Å². The number of anilines is 1. The van der Waals surface area contributed by atoms with E-state index in [2.05, 4.69) is 47.0 Å². The maximum atomic E-state index is 13.4. The minimum atomic E-state index is -4.79. The zero-order valence-electron chi connectivity index (χ0n) is 28.1. The lowest BCUT2D eigenvalue weighted by atomic mass is 9.38. The first-order chi connectivity index (χ1) is 22.7. The normalized spacial score (nSPS) is 27.7. The summed E-state index contributed by atoms with van der Waals surface area (Å²) < 4.78 is 40.8. The number of aromatic nitrogens is 2. The van der Waals surface area contributed by atoms with E-state index < -0.39 is 64.0 Å². The minimum Gasteiger partial charge on any atom is -0.353 e. The van der Waals surface area contributed by atoms with Crippen LogP contribution in [-0.4, -0.2) is 57.6 Å². The lowest BCUT2D eigenvalue weighted by Gasteiger charge is -2.69. The predicted octanol–water partition coefficient (Wildman–Crippen LogP) is 3.72. The van der Waals surface area contributed by atoms with E-state index in [1.54, 1.807) is 0 Å². The van der Waals surface area contributed by atoms with Crippen LogP contribution >= 0.6 is 11.3 Å². The Bertz CT molecular complexity index is 1720. The monoisotopic (exact) mass is 706 g/mol. The number of halogens is 3. The molecule has 1 atom stereocenters. The van der Waals surface area contributed by atoms with Gasteiger partial charge in [-0.15, -0.1) is 11.3 Å². The van der Waals surface area contributed by atoms with Crippen LogP contribution in [0.5, 0.6) is 0 Å². The minimum absolute atomic E-state index is 0.0921. The molecule has 0 aromatic carbocycles. The number of ketones is 1. The Balaban J connectivity index is 1.30. The van der Waals surface area contributed by atoms with E-state index in [0.29, 0.717) is 0 Å². The molecule has 6 rings (SSSR count). The van der Waals surface area contributed by atoms with Gasteiger partial charge in [0.25, 0.3) is 17.4 Å². The van der Waals surface area contributed by atoms with Gasteiger partial charge in [0.05, 0.1) is 5.69 Å². The van der Waals surface area contributed by atoms with Crippen LogP contribution < -0.4 is 26.8 Å². The fourth-order valence-electron chi connectivity index (χ4n) is 9.64. The molecule has 4 aliphatic rings. The first-order valence-corrected chi connectivity index (χ1v) is 16.9. The number of pyridine rings is 1. The Kier molecular flexibility index (Phi) is 9.36. The van der Waals surface area contributed by atoms with E-state index in [9.17, 15) is 41.9 Å². The van der Waals surface area contributed by atoms with Gasteiger partial charge in [-0.25, -0.2) is 4.98 Å². The van der Waals surface area contributed by atoms with Crippen molar-refractivity contribution in [3.63, 3.8) is 0 Å². The lowest BCUT2D eigenvalue weighted by Crippen LogP contribution is -2.68. The van der Waals surface area contributed by atoms with Crippen molar-refractivity contribution in [1.82, 2.24) is 25.5 Å². The van der Waals surface area contributed by atoms with Crippen molar-refractivity contribution >= 4 is 46.4 Å². The van der Waals surface area contributed by atoms with Gasteiger partial charge < -0.3 is 25.8 Å². The smallest absolute Gasteiger partial charge is 0.353 e. The standard InChI is InChI=1S/C33H41F3N6O6S/c1-18-23(49-28(38-18)33(34,35)36)26(47)39-19(8-9-21(43)25(46)37-5)24(45)40-20-7-6-10-42(27(20)48)11-22(44)41-32-15-29(2)12-30(3,16-32)14-31(4,13-29)17-32/h6-7,10,19H,8-9,11-17H2,1-5H3,(H,37,46)(H,39,47)(H,40,45)(H,41,44)/t19-,29?,30?,31?,32?/m0/s1. The third-order valence-corrected chi connectivity index (χ3v) is 11.1. The molecular formula is C33H41F3N6O6S. The van der Waals surface area contributed by atoms with Crippen LogP contribution in [0, 0.1) is 23.2 Å². The molecule has 2 heterocycles. The number of rotatable bonds is 11. The largest absolute Gasteiger partial charge is 0.443 e. The van der Waals surface area contributed by atoms with Gasteiger partial charge in [0, 0.05) is 25.2 Å². The Morgan fingerprint density at radius 1 is 1.00 bits per heavy atom. The maximum absolute atomic E-state index is 13.4. The molecule has 0 aliphatic heterocycles. The van der Waals surface area contributed by atoms with Gasteiger partial charge in [-0.2, -0.15) is 13.2 Å². The number of carbonyl (C=O) groups excluding carboxylic acids is 5. The molecule has 49 heavy (non-hydrogen) atoms. The van der Waals surface area contributed by atoms with E-state index in [1.807, 2.05) is 0 Å². The van der Waals surface area contributed by atoms with Crippen LogP contribution in [-0.2, 0) is 31.9 Å². The average molecular weight is 707 g/mol. The summed E-state index contributed by atoms with van der Waals surface area (Å²) in [6, 6.07) is 1.22. The fourth-order valence-corrected chi connectivity index (χ4v) is 10.5. The molecule has 2 aromatic rings. The number of hydrogen-bond donors (Lipinski definition) is 4. The van der Waals surface area contributed by atoms with Crippen LogP contribution in [0.3, 0.4) is 0 Å². The molecule has 0 unspecified atom stereocenters. The van der Waals surface area contributed by atoms with Crippen LogP contribution in [0.15, 0.2) is 23.1 Å². The number of likely N-dealkylation sites (N-methyl/N-ethyl adjacent to an activating group) is 1. The SMILES string of the molecule is CNC(=O)C(=O)CC[C@H](NC(=O)c1sc(C(F)(F)F)nc1C)C(=O)Nc1cccn(CC(=O)NC23CC4(C)CC(C)(CC(C)(C4)C2)C3)c1=O. The molecule has 4 saturated carbocycles. The number of amides is 4. The molecular weight excluding hydrogens is 665 g/mol. The molecule has 2 aromatic heterocycles. The van der Waals surface area contributed by atoms with Crippen molar-refractivity contribution in [2.45, 2.75) is 103 Å². The van der Waals surface area contributed by atoms with E-state index >= 15 is 0 Å². The van der Waals surface area contributed by atoms with Gasteiger partial charge in [0.15, 0.2) is 5.01 Å². The van der Waals surface area contributed by atoms with Gasteiger partial charge in [-0.3, -0.25) is 28.8 Å². The molecule has 16 heteroatoms. The summed E-state index contributed by atoms with van der Waals surface area (Å²) in [4.78, 5) is 80.2. The predicted molar refractivity (Wildman–Crippen MR) is 174 cm³/mol. The molecule has 4 aliphatic carbocycles. The fraction of sp³-hybridized carbons (Fsp3) is 0.606. The molecule has 4 amide bonds. The van der Waals surface area contributed by atoms with E-state index in [4.69, 9.17) is 0 Å². The number of alkyl halides is 3. The number of nitrogens with one attached hydrogen (secondary N) is 4. The second-order valence-corrected chi connectivity index (χ2v) is 16.2. The first-order valence-electron chi connectivity index (χ1n) is 16.1. The van der Waals surface area contributed by atoms with Crippen molar-refractivity contribution < 1.29 is 37.1 Å². The van der Waals surface area contributed by atoms with Crippen molar-refractivity contribution in [3.05, 3.63) is 44.3 Å². The third-order valence-electron chi connectivity index (χ3n) is 9.86. The topological polar surface area (TPSA) is 168 Å². The molecule has 4 fully saturated rings. The molecule has 266 valence electrons. The van der Waals surface area contributed by atoms with Crippen LogP contribution in [0.25, 0.3) is 0 Å². The second kappa shape index (κ2) is 12.7. The van der Waals surface area contributed by atoms with Crippen molar-refractivity contribution in [1.29, 1.82) is 0 Å². The average Bonchev–Trinajstić information content (AvgIpc) is 3.36. The highest BCUT2D eigenvalue weighted by molar-refractivity contribution is 7.13. The summed E-state index contributed by atoms with van der Waals surface area (Å²) >= 11 is 0.0921. The molecule has 0 spiro atoms. The third kappa shape index (κ3) is 7.73. The quantitative estimate of drug-likeness (QED) is 0.258.